The van der Waals surface area contributed by atoms with Crippen LogP contribution in [0.15, 0.2) is 41.5 Å². The predicted octanol–water partition coefficient (Wildman–Crippen LogP) is 4.53. The zero-order valence-corrected chi connectivity index (χ0v) is 16.7. The lowest BCUT2D eigenvalue weighted by atomic mass is 9.80. The molecule has 2 aromatic rings. The van der Waals surface area contributed by atoms with E-state index in [1.165, 1.54) is 29.8 Å². The number of anilines is 1. The number of hydrogen-bond acceptors (Lipinski definition) is 4. The highest BCUT2D eigenvalue weighted by Crippen LogP contribution is 2.44. The Morgan fingerprint density at radius 2 is 2.00 bits per heavy atom. The van der Waals surface area contributed by atoms with Gasteiger partial charge in [-0.05, 0) is 68.1 Å². The lowest BCUT2D eigenvalue weighted by molar-refractivity contribution is 0.0955. The Morgan fingerprint density at radius 3 is 2.67 bits per heavy atom. The number of phenols is 1. The number of hydrogen-bond donors (Lipinski definition) is 2. The molecule has 1 aliphatic heterocycles. The van der Waals surface area contributed by atoms with Gasteiger partial charge < -0.3 is 10.0 Å². The Morgan fingerprint density at radius 1 is 1.33 bits per heavy atom. The first-order chi connectivity index (χ1) is 12.7. The van der Waals surface area contributed by atoms with Gasteiger partial charge in [0.25, 0.3) is 5.91 Å². The Labute approximate surface area is 164 Å². The molecule has 6 heteroatoms. The number of nitrogens with zero attached hydrogens (tertiary/aromatic N) is 2. The number of fused-ring (bicyclic) bond motifs is 1. The SMILES string of the molecule is C[C@@H]1CC(C)(C)N(C)c2cc(Cl)c(/C=N\NC(=O)c3ccc(O)cc3)cc21. The standard InChI is InChI=1S/C21H24ClN3O2/c1-13-11-21(2,3)25(4)19-10-18(22)15(9-17(13)19)12-23-24-20(27)14-5-7-16(26)8-6-14/h5-10,12-13,26H,11H2,1-4H3,(H,24,27)/b23-12-/t13-/m1/s1. The molecule has 5 nitrogen and oxygen atoms in total. The molecule has 0 aliphatic carbocycles. The summed E-state index contributed by atoms with van der Waals surface area (Å²) in [5.41, 5.74) is 6.10. The summed E-state index contributed by atoms with van der Waals surface area (Å²) in [6.45, 7) is 6.68. The number of halogens is 1. The van der Waals surface area contributed by atoms with E-state index in [1.807, 2.05) is 12.1 Å². The summed E-state index contributed by atoms with van der Waals surface area (Å²) >= 11 is 6.46. The number of hydrazone groups is 1. The molecule has 0 bridgehead atoms. The topological polar surface area (TPSA) is 64.9 Å². The number of carbonyl (C=O) groups is 1. The van der Waals surface area contributed by atoms with Gasteiger partial charge in [-0.25, -0.2) is 5.43 Å². The van der Waals surface area contributed by atoms with Crippen LogP contribution < -0.4 is 10.3 Å². The van der Waals surface area contributed by atoms with Gasteiger partial charge in [0.05, 0.1) is 11.2 Å². The molecule has 2 aromatic carbocycles. The van der Waals surface area contributed by atoms with Gasteiger partial charge in [-0.3, -0.25) is 4.79 Å². The number of carbonyl (C=O) groups excluding carboxylic acids is 1. The van der Waals surface area contributed by atoms with Crippen molar-refractivity contribution in [1.29, 1.82) is 0 Å². The van der Waals surface area contributed by atoms with Crippen molar-refractivity contribution < 1.29 is 9.90 Å². The number of benzene rings is 2. The van der Waals surface area contributed by atoms with Crippen LogP contribution in [-0.4, -0.2) is 29.8 Å². The van der Waals surface area contributed by atoms with Crippen LogP contribution in [0, 0.1) is 0 Å². The van der Waals surface area contributed by atoms with Gasteiger partial charge in [0.2, 0.25) is 0 Å². The molecule has 2 N–H and O–H groups in total. The van der Waals surface area contributed by atoms with Gasteiger partial charge in [0, 0.05) is 29.4 Å². The molecule has 3 rings (SSSR count). The largest absolute Gasteiger partial charge is 0.508 e. The normalized spacial score (nSPS) is 18.4. The molecule has 0 saturated carbocycles. The highest BCUT2D eigenvalue weighted by molar-refractivity contribution is 6.33. The number of nitrogens with one attached hydrogen (secondary N) is 1. The van der Waals surface area contributed by atoms with E-state index in [0.717, 1.165) is 17.7 Å². The minimum absolute atomic E-state index is 0.0729. The van der Waals surface area contributed by atoms with Crippen LogP contribution in [0.2, 0.25) is 5.02 Å². The summed E-state index contributed by atoms with van der Waals surface area (Å²) in [7, 11) is 2.09. The van der Waals surface area contributed by atoms with Crippen LogP contribution >= 0.6 is 11.6 Å². The minimum atomic E-state index is -0.352. The second-order valence-corrected chi connectivity index (χ2v) is 8.06. The van der Waals surface area contributed by atoms with Crippen molar-refractivity contribution in [2.45, 2.75) is 38.6 Å². The van der Waals surface area contributed by atoms with Gasteiger partial charge in [-0.15, -0.1) is 0 Å². The molecule has 0 saturated heterocycles. The van der Waals surface area contributed by atoms with E-state index in [1.54, 1.807) is 6.21 Å². The van der Waals surface area contributed by atoms with Crippen LogP contribution in [-0.2, 0) is 0 Å². The van der Waals surface area contributed by atoms with Crippen LogP contribution in [0.4, 0.5) is 5.69 Å². The predicted molar refractivity (Wildman–Crippen MR) is 110 cm³/mol. The van der Waals surface area contributed by atoms with Crippen molar-refractivity contribution in [3.8, 4) is 5.75 Å². The molecular weight excluding hydrogens is 362 g/mol. The number of rotatable bonds is 3. The van der Waals surface area contributed by atoms with Crippen LogP contribution in [0.3, 0.4) is 0 Å². The Kier molecular flexibility index (Phi) is 5.16. The smallest absolute Gasteiger partial charge is 0.271 e. The second kappa shape index (κ2) is 7.24. The van der Waals surface area contributed by atoms with E-state index < -0.39 is 0 Å². The van der Waals surface area contributed by atoms with E-state index in [0.29, 0.717) is 16.5 Å². The molecule has 1 atom stereocenters. The molecule has 0 fully saturated rings. The van der Waals surface area contributed by atoms with Gasteiger partial charge in [-0.1, -0.05) is 18.5 Å². The summed E-state index contributed by atoms with van der Waals surface area (Å²) in [5, 5.41) is 13.9. The number of amides is 1. The highest BCUT2D eigenvalue weighted by atomic mass is 35.5. The molecule has 27 heavy (non-hydrogen) atoms. The van der Waals surface area contributed by atoms with Gasteiger partial charge in [0.15, 0.2) is 0 Å². The summed E-state index contributed by atoms with van der Waals surface area (Å²) < 4.78 is 0. The third-order valence-electron chi connectivity index (χ3n) is 5.25. The van der Waals surface area contributed by atoms with Crippen molar-refractivity contribution in [3.63, 3.8) is 0 Å². The maximum absolute atomic E-state index is 12.1. The summed E-state index contributed by atoms with van der Waals surface area (Å²) in [5.74, 6) is 0.163. The molecule has 0 unspecified atom stereocenters. The van der Waals surface area contributed by atoms with Gasteiger partial charge in [-0.2, -0.15) is 5.10 Å². The van der Waals surface area contributed by atoms with Gasteiger partial charge in [0.1, 0.15) is 5.75 Å². The zero-order chi connectivity index (χ0) is 19.8. The number of phenolic OH excluding ortho intramolecular Hbond substituents is 1. The first-order valence-corrected chi connectivity index (χ1v) is 9.26. The third-order valence-corrected chi connectivity index (χ3v) is 5.58. The second-order valence-electron chi connectivity index (χ2n) is 7.66. The zero-order valence-electron chi connectivity index (χ0n) is 16.0. The molecular formula is C21H24ClN3O2. The lowest BCUT2D eigenvalue weighted by Crippen LogP contribution is -2.45. The average Bonchev–Trinajstić information content (AvgIpc) is 2.61. The maximum atomic E-state index is 12.1. The van der Waals surface area contributed by atoms with Crippen LogP contribution in [0.25, 0.3) is 0 Å². The Hall–Kier alpha value is -2.53. The fourth-order valence-electron chi connectivity index (χ4n) is 3.54. The summed E-state index contributed by atoms with van der Waals surface area (Å²) in [6.07, 6.45) is 2.61. The van der Waals surface area contributed by atoms with Crippen molar-refractivity contribution >= 4 is 29.4 Å². The molecule has 0 radical (unpaired) electrons. The van der Waals surface area contributed by atoms with Crippen LogP contribution in [0.1, 0.15) is 54.6 Å². The molecule has 0 spiro atoms. The first kappa shape index (κ1) is 19.2. The van der Waals surface area contributed by atoms with Crippen molar-refractivity contribution in [3.05, 3.63) is 58.1 Å². The molecule has 0 aromatic heterocycles. The van der Waals surface area contributed by atoms with E-state index in [4.69, 9.17) is 11.6 Å². The highest BCUT2D eigenvalue weighted by Gasteiger charge is 2.34. The van der Waals surface area contributed by atoms with E-state index in [-0.39, 0.29) is 17.2 Å². The number of aromatic hydroxyl groups is 1. The lowest BCUT2D eigenvalue weighted by Gasteiger charge is -2.45. The van der Waals surface area contributed by atoms with E-state index in [2.05, 4.69) is 43.2 Å². The Bertz CT molecular complexity index is 891. The first-order valence-electron chi connectivity index (χ1n) is 8.89. The van der Waals surface area contributed by atoms with Gasteiger partial charge >= 0.3 is 0 Å². The summed E-state index contributed by atoms with van der Waals surface area (Å²) in [6, 6.07) is 10.00. The molecule has 142 valence electrons. The fourth-order valence-corrected chi connectivity index (χ4v) is 3.75. The summed E-state index contributed by atoms with van der Waals surface area (Å²) in [4.78, 5) is 14.3. The van der Waals surface area contributed by atoms with E-state index >= 15 is 0 Å². The minimum Gasteiger partial charge on any atom is -0.508 e. The van der Waals surface area contributed by atoms with E-state index in [9.17, 15) is 9.90 Å². The third kappa shape index (κ3) is 3.93. The maximum Gasteiger partial charge on any atom is 0.271 e. The van der Waals surface area contributed by atoms with Crippen molar-refractivity contribution in [1.82, 2.24) is 5.43 Å². The van der Waals surface area contributed by atoms with Crippen molar-refractivity contribution in [2.24, 2.45) is 5.10 Å². The van der Waals surface area contributed by atoms with Crippen LogP contribution in [0.5, 0.6) is 5.75 Å². The molecule has 1 amide bonds. The Balaban J connectivity index is 1.80. The fraction of sp³-hybridized carbons (Fsp3) is 0.333. The molecule has 1 heterocycles. The monoisotopic (exact) mass is 385 g/mol. The quantitative estimate of drug-likeness (QED) is 0.602. The van der Waals surface area contributed by atoms with Crippen molar-refractivity contribution in [2.75, 3.05) is 11.9 Å². The average molecular weight is 386 g/mol. The molecule has 1 aliphatic rings.